The molecule has 0 saturated carbocycles. The Morgan fingerprint density at radius 3 is 2.80 bits per heavy atom. The van der Waals surface area contributed by atoms with Crippen LogP contribution in [0.1, 0.15) is 19.8 Å². The van der Waals surface area contributed by atoms with E-state index in [-0.39, 0.29) is 6.03 Å². The summed E-state index contributed by atoms with van der Waals surface area (Å²) >= 11 is 9.15. The molecule has 0 bridgehead atoms. The molecule has 5 nitrogen and oxygen atoms in total. The zero-order chi connectivity index (χ0) is 15.1. The molecule has 1 atom stereocenters. The van der Waals surface area contributed by atoms with Crippen LogP contribution < -0.4 is 10.6 Å². The van der Waals surface area contributed by atoms with Crippen molar-refractivity contribution < 1.29 is 14.7 Å². The molecule has 0 heterocycles. The van der Waals surface area contributed by atoms with Crippen molar-refractivity contribution in [2.45, 2.75) is 19.8 Å². The van der Waals surface area contributed by atoms with Gasteiger partial charge >= 0.3 is 12.0 Å². The second kappa shape index (κ2) is 8.11. The van der Waals surface area contributed by atoms with Crippen LogP contribution in [0.4, 0.5) is 10.5 Å². The highest BCUT2D eigenvalue weighted by atomic mass is 79.9. The Kier molecular flexibility index (Phi) is 6.81. The van der Waals surface area contributed by atoms with Gasteiger partial charge in [-0.2, -0.15) is 0 Å². The molecule has 2 amide bonds. The normalized spacial score (nSPS) is 11.8. The average Bonchev–Trinajstić information content (AvgIpc) is 2.38. The van der Waals surface area contributed by atoms with E-state index in [1.807, 2.05) is 0 Å². The third kappa shape index (κ3) is 5.79. The van der Waals surface area contributed by atoms with Crippen LogP contribution in [-0.4, -0.2) is 23.7 Å². The molecule has 1 unspecified atom stereocenters. The van der Waals surface area contributed by atoms with Gasteiger partial charge in [0.1, 0.15) is 0 Å². The molecule has 0 saturated heterocycles. The van der Waals surface area contributed by atoms with Crippen molar-refractivity contribution in [2.75, 3.05) is 11.9 Å². The average molecular weight is 364 g/mol. The first-order valence-corrected chi connectivity index (χ1v) is 7.30. The van der Waals surface area contributed by atoms with E-state index in [1.165, 1.54) is 0 Å². The first-order chi connectivity index (χ1) is 9.40. The van der Waals surface area contributed by atoms with E-state index in [1.54, 1.807) is 25.1 Å². The molecule has 0 aromatic heterocycles. The Morgan fingerprint density at radius 2 is 2.15 bits per heavy atom. The Labute approximate surface area is 130 Å². The highest BCUT2D eigenvalue weighted by Crippen LogP contribution is 2.25. The van der Waals surface area contributed by atoms with Crippen molar-refractivity contribution >= 4 is 45.2 Å². The molecular formula is C13H16BrClN2O3. The molecule has 7 heteroatoms. The standard InChI is InChI=1S/C13H16BrClN2O3/c1-8(12(18)19)3-2-6-16-13(20)17-11-7-9(15)4-5-10(11)14/h4-5,7-8H,2-3,6H2,1H3,(H,18,19)(H2,16,17,20). The summed E-state index contributed by atoms with van der Waals surface area (Å²) in [6.07, 6.45) is 1.13. The van der Waals surface area contributed by atoms with Crippen LogP contribution >= 0.6 is 27.5 Å². The van der Waals surface area contributed by atoms with Gasteiger partial charge in [-0.3, -0.25) is 4.79 Å². The fourth-order valence-corrected chi connectivity index (χ4v) is 2.01. The minimum Gasteiger partial charge on any atom is -0.481 e. The van der Waals surface area contributed by atoms with Crippen molar-refractivity contribution in [1.29, 1.82) is 0 Å². The van der Waals surface area contributed by atoms with Gasteiger partial charge in [-0.15, -0.1) is 0 Å². The zero-order valence-corrected chi connectivity index (χ0v) is 13.3. The first kappa shape index (κ1) is 16.8. The maximum Gasteiger partial charge on any atom is 0.319 e. The summed E-state index contributed by atoms with van der Waals surface area (Å²) in [5.41, 5.74) is 0.578. The Bertz CT molecular complexity index is 497. The molecule has 0 aliphatic carbocycles. The second-order valence-electron chi connectivity index (χ2n) is 4.39. The monoisotopic (exact) mass is 362 g/mol. The fraction of sp³-hybridized carbons (Fsp3) is 0.385. The van der Waals surface area contributed by atoms with E-state index in [9.17, 15) is 9.59 Å². The maximum absolute atomic E-state index is 11.7. The van der Waals surface area contributed by atoms with Gasteiger partial charge in [0.05, 0.1) is 11.6 Å². The molecule has 0 spiro atoms. The van der Waals surface area contributed by atoms with Crippen LogP contribution in [0.3, 0.4) is 0 Å². The van der Waals surface area contributed by atoms with Gasteiger partial charge in [-0.25, -0.2) is 4.79 Å². The maximum atomic E-state index is 11.7. The number of carbonyl (C=O) groups is 2. The molecule has 0 radical (unpaired) electrons. The number of hydrogen-bond acceptors (Lipinski definition) is 2. The van der Waals surface area contributed by atoms with Gasteiger partial charge in [0, 0.05) is 16.0 Å². The van der Waals surface area contributed by atoms with Crippen LogP contribution in [0.15, 0.2) is 22.7 Å². The van der Waals surface area contributed by atoms with Crippen molar-refractivity contribution in [1.82, 2.24) is 5.32 Å². The number of halogens is 2. The van der Waals surface area contributed by atoms with Gasteiger partial charge in [-0.05, 0) is 47.0 Å². The lowest BCUT2D eigenvalue weighted by Crippen LogP contribution is -2.30. The Balaban J connectivity index is 2.34. The summed E-state index contributed by atoms with van der Waals surface area (Å²) < 4.78 is 0.733. The predicted molar refractivity (Wildman–Crippen MR) is 82.2 cm³/mol. The smallest absolute Gasteiger partial charge is 0.319 e. The third-order valence-corrected chi connectivity index (χ3v) is 3.62. The molecule has 1 rings (SSSR count). The number of aliphatic carboxylic acids is 1. The molecule has 0 aliphatic rings. The van der Waals surface area contributed by atoms with E-state index < -0.39 is 11.9 Å². The minimum absolute atomic E-state index is 0.351. The summed E-state index contributed by atoms with van der Waals surface area (Å²) in [5, 5.41) is 14.6. The SMILES string of the molecule is CC(CCCNC(=O)Nc1cc(Cl)ccc1Br)C(=O)O. The zero-order valence-electron chi connectivity index (χ0n) is 11.0. The van der Waals surface area contributed by atoms with Crippen molar-refractivity contribution in [2.24, 2.45) is 5.92 Å². The summed E-state index contributed by atoms with van der Waals surface area (Å²) in [6, 6.07) is 4.74. The second-order valence-corrected chi connectivity index (χ2v) is 5.68. The molecule has 1 aromatic carbocycles. The van der Waals surface area contributed by atoms with Crippen LogP contribution in [0.25, 0.3) is 0 Å². The Morgan fingerprint density at radius 1 is 1.45 bits per heavy atom. The number of hydrogen-bond donors (Lipinski definition) is 3. The lowest BCUT2D eigenvalue weighted by Gasteiger charge is -2.10. The number of carboxylic acids is 1. The molecule has 0 aliphatic heterocycles. The van der Waals surface area contributed by atoms with Crippen LogP contribution in [-0.2, 0) is 4.79 Å². The van der Waals surface area contributed by atoms with E-state index >= 15 is 0 Å². The summed E-state index contributed by atoms with van der Waals surface area (Å²) in [4.78, 5) is 22.3. The number of carbonyl (C=O) groups excluding carboxylic acids is 1. The van der Waals surface area contributed by atoms with Crippen LogP contribution in [0.5, 0.6) is 0 Å². The molecule has 0 fully saturated rings. The molecule has 20 heavy (non-hydrogen) atoms. The van der Waals surface area contributed by atoms with Gasteiger partial charge in [-0.1, -0.05) is 18.5 Å². The summed E-state index contributed by atoms with van der Waals surface area (Å²) in [6.45, 7) is 2.06. The van der Waals surface area contributed by atoms with E-state index in [2.05, 4.69) is 26.6 Å². The van der Waals surface area contributed by atoms with Crippen molar-refractivity contribution in [3.8, 4) is 0 Å². The van der Waals surface area contributed by atoms with Crippen LogP contribution in [0.2, 0.25) is 5.02 Å². The van der Waals surface area contributed by atoms with E-state index in [0.29, 0.717) is 30.1 Å². The van der Waals surface area contributed by atoms with Crippen LogP contribution in [0, 0.1) is 5.92 Å². The number of rotatable bonds is 6. The van der Waals surface area contributed by atoms with Gasteiger partial charge in [0.25, 0.3) is 0 Å². The Hall–Kier alpha value is -1.27. The van der Waals surface area contributed by atoms with E-state index in [0.717, 1.165) is 4.47 Å². The quantitative estimate of drug-likeness (QED) is 0.674. The lowest BCUT2D eigenvalue weighted by atomic mass is 10.1. The molecule has 1 aromatic rings. The largest absolute Gasteiger partial charge is 0.481 e. The molecule has 110 valence electrons. The number of anilines is 1. The summed E-state index contributed by atoms with van der Waals surface area (Å²) in [7, 11) is 0. The highest BCUT2D eigenvalue weighted by molar-refractivity contribution is 9.10. The number of carboxylic acid groups (broad SMARTS) is 1. The number of urea groups is 1. The van der Waals surface area contributed by atoms with Gasteiger partial charge in [0.15, 0.2) is 0 Å². The predicted octanol–water partition coefficient (Wildman–Crippen LogP) is 3.72. The van der Waals surface area contributed by atoms with Gasteiger partial charge in [0.2, 0.25) is 0 Å². The van der Waals surface area contributed by atoms with Gasteiger partial charge < -0.3 is 15.7 Å². The molecular weight excluding hydrogens is 348 g/mol. The number of amides is 2. The topological polar surface area (TPSA) is 78.4 Å². The fourth-order valence-electron chi connectivity index (χ4n) is 1.49. The summed E-state index contributed by atoms with van der Waals surface area (Å²) in [5.74, 6) is -1.22. The van der Waals surface area contributed by atoms with E-state index in [4.69, 9.17) is 16.7 Å². The first-order valence-electron chi connectivity index (χ1n) is 6.13. The third-order valence-electron chi connectivity index (χ3n) is 2.70. The number of nitrogens with one attached hydrogen (secondary N) is 2. The minimum atomic E-state index is -0.822. The molecule has 3 N–H and O–H groups in total. The lowest BCUT2D eigenvalue weighted by molar-refractivity contribution is -0.141. The van der Waals surface area contributed by atoms with Crippen molar-refractivity contribution in [3.05, 3.63) is 27.7 Å². The van der Waals surface area contributed by atoms with Crippen molar-refractivity contribution in [3.63, 3.8) is 0 Å². The highest BCUT2D eigenvalue weighted by Gasteiger charge is 2.10. The number of benzene rings is 1.